The Balaban J connectivity index is 1.23. The molecule has 1 aromatic heterocycles. The molecule has 1 heterocycles. The van der Waals surface area contributed by atoms with E-state index in [1.807, 2.05) is 6.07 Å². The van der Waals surface area contributed by atoms with Crippen molar-refractivity contribution in [2.45, 2.75) is 0 Å². The maximum atomic E-state index is 6.62. The van der Waals surface area contributed by atoms with Gasteiger partial charge in [0.1, 0.15) is 11.2 Å². The second-order valence-electron chi connectivity index (χ2n) is 14.4. The first kappa shape index (κ1) is 29.4. The molecular weight excluding hydrogens is 655 g/mol. The lowest BCUT2D eigenvalue weighted by Crippen LogP contribution is -2.11. The number of anilines is 3. The van der Waals surface area contributed by atoms with E-state index in [9.17, 15) is 0 Å². The largest absolute Gasteiger partial charge is 0.455 e. The fourth-order valence-electron chi connectivity index (χ4n) is 9.26. The topological polar surface area (TPSA) is 16.4 Å². The van der Waals surface area contributed by atoms with Crippen LogP contribution in [0.3, 0.4) is 0 Å². The molecule has 0 aliphatic rings. The SMILES string of the molecule is c1ccc(N(c2cc3ccc4cccc5c6cccc7ccc8cccc(c(c2)c3c45)c8c76)c2ccccc2-c2cccc3c2oc2ccccc23)cc1. The summed E-state index contributed by atoms with van der Waals surface area (Å²) in [4.78, 5) is 2.43. The van der Waals surface area contributed by atoms with Crippen LogP contribution in [0, 0.1) is 0 Å². The van der Waals surface area contributed by atoms with E-state index < -0.39 is 0 Å². The molecule has 0 fully saturated rings. The number of benzene rings is 10. The summed E-state index contributed by atoms with van der Waals surface area (Å²) in [5.41, 5.74) is 7.25. The third kappa shape index (κ3) is 4.11. The van der Waals surface area contributed by atoms with E-state index in [0.717, 1.165) is 50.1 Å². The van der Waals surface area contributed by atoms with Crippen LogP contribution in [-0.2, 0) is 0 Å². The van der Waals surface area contributed by atoms with E-state index in [0.29, 0.717) is 0 Å². The first-order chi connectivity index (χ1) is 26.8. The van der Waals surface area contributed by atoms with Gasteiger partial charge in [0.15, 0.2) is 0 Å². The summed E-state index contributed by atoms with van der Waals surface area (Å²) in [6.45, 7) is 0. The van der Waals surface area contributed by atoms with E-state index in [4.69, 9.17) is 4.42 Å². The van der Waals surface area contributed by atoms with Crippen molar-refractivity contribution in [1.29, 1.82) is 0 Å². The van der Waals surface area contributed by atoms with Gasteiger partial charge in [-0.05, 0) is 101 Å². The maximum absolute atomic E-state index is 6.62. The molecule has 0 spiro atoms. The number of nitrogens with zero attached hydrogens (tertiary/aromatic N) is 1. The van der Waals surface area contributed by atoms with Crippen LogP contribution in [0.5, 0.6) is 0 Å². The highest BCUT2D eigenvalue weighted by atomic mass is 16.3. The van der Waals surface area contributed by atoms with Gasteiger partial charge in [-0.25, -0.2) is 0 Å². The second kappa shape index (κ2) is 11.2. The summed E-state index contributed by atoms with van der Waals surface area (Å²) < 4.78 is 6.62. The molecule has 250 valence electrons. The molecule has 0 unspecified atom stereocenters. The van der Waals surface area contributed by atoms with Gasteiger partial charge in [-0.3, -0.25) is 0 Å². The maximum Gasteiger partial charge on any atom is 0.143 e. The van der Waals surface area contributed by atoms with Crippen LogP contribution in [0.2, 0.25) is 0 Å². The lowest BCUT2D eigenvalue weighted by atomic mass is 9.87. The van der Waals surface area contributed by atoms with Crippen molar-refractivity contribution in [3.8, 4) is 11.1 Å². The minimum atomic E-state index is 0.898. The van der Waals surface area contributed by atoms with Crippen LogP contribution in [0.25, 0.3) is 97.7 Å². The van der Waals surface area contributed by atoms with Crippen molar-refractivity contribution < 1.29 is 4.42 Å². The number of hydrogen-bond acceptors (Lipinski definition) is 2. The third-order valence-electron chi connectivity index (χ3n) is 11.5. The summed E-state index contributed by atoms with van der Waals surface area (Å²) in [6.07, 6.45) is 0. The highest BCUT2D eigenvalue weighted by Crippen LogP contribution is 2.48. The third-order valence-corrected chi connectivity index (χ3v) is 11.5. The number of furan rings is 1. The van der Waals surface area contributed by atoms with Crippen LogP contribution >= 0.6 is 0 Å². The molecule has 0 atom stereocenters. The normalized spacial score (nSPS) is 12.1. The Morgan fingerprint density at radius 3 is 1.56 bits per heavy atom. The Labute approximate surface area is 311 Å². The summed E-state index contributed by atoms with van der Waals surface area (Å²) in [6, 6.07) is 68.7. The molecule has 11 aromatic carbocycles. The smallest absolute Gasteiger partial charge is 0.143 e. The molecule has 0 amide bonds. The highest BCUT2D eigenvalue weighted by Gasteiger charge is 2.22. The van der Waals surface area contributed by atoms with Crippen molar-refractivity contribution in [3.05, 3.63) is 188 Å². The fraction of sp³-hybridized carbons (Fsp3) is 0. The van der Waals surface area contributed by atoms with Crippen molar-refractivity contribution in [3.63, 3.8) is 0 Å². The van der Waals surface area contributed by atoms with E-state index in [-0.39, 0.29) is 0 Å². The zero-order valence-electron chi connectivity index (χ0n) is 29.3. The van der Waals surface area contributed by atoms with Crippen molar-refractivity contribution >= 4 is 104 Å². The lowest BCUT2D eigenvalue weighted by Gasteiger charge is -2.29. The van der Waals surface area contributed by atoms with Gasteiger partial charge in [-0.1, -0.05) is 152 Å². The summed E-state index contributed by atoms with van der Waals surface area (Å²) in [5.74, 6) is 0. The fourth-order valence-corrected chi connectivity index (χ4v) is 9.26. The van der Waals surface area contributed by atoms with E-state index >= 15 is 0 Å². The molecule has 0 saturated carbocycles. The van der Waals surface area contributed by atoms with Crippen molar-refractivity contribution in [2.24, 2.45) is 0 Å². The van der Waals surface area contributed by atoms with Gasteiger partial charge < -0.3 is 9.32 Å². The lowest BCUT2D eigenvalue weighted by molar-refractivity contribution is 0.670. The number of rotatable bonds is 4. The predicted molar refractivity (Wildman–Crippen MR) is 230 cm³/mol. The molecule has 0 bridgehead atoms. The Morgan fingerprint density at radius 1 is 0.315 bits per heavy atom. The quantitative estimate of drug-likeness (QED) is 0.172. The van der Waals surface area contributed by atoms with Crippen molar-refractivity contribution in [1.82, 2.24) is 0 Å². The molecule has 2 heteroatoms. The standard InChI is InChI=1S/C52H31NO/c1-2-15-36(16-3-1)53(46-24-6-4-17-38(46)43-22-11-23-44-39-18-5-7-25-47(39)54-52(43)44)37-30-35-29-28-34-13-9-20-41-40-19-8-12-32-26-27-33-14-10-21-42(50(33)48(32)40)45(31-37)51(35)49(34)41/h1-31H. The number of para-hydroxylation sites is 4. The zero-order chi connectivity index (χ0) is 35.3. The van der Waals surface area contributed by atoms with Gasteiger partial charge in [0.25, 0.3) is 0 Å². The van der Waals surface area contributed by atoms with E-state index in [2.05, 4.69) is 187 Å². The Hall–Kier alpha value is -7.16. The zero-order valence-corrected chi connectivity index (χ0v) is 29.3. The van der Waals surface area contributed by atoms with Crippen LogP contribution in [0.4, 0.5) is 17.1 Å². The van der Waals surface area contributed by atoms with Gasteiger partial charge in [0.2, 0.25) is 0 Å². The Bertz CT molecular complexity index is 3440. The summed E-state index contributed by atoms with van der Waals surface area (Å²) in [7, 11) is 0. The van der Waals surface area contributed by atoms with Crippen LogP contribution in [-0.4, -0.2) is 0 Å². The van der Waals surface area contributed by atoms with E-state index in [1.165, 1.54) is 64.6 Å². The molecule has 12 aromatic rings. The summed E-state index contributed by atoms with van der Waals surface area (Å²) >= 11 is 0. The molecule has 2 nitrogen and oxygen atoms in total. The molecule has 54 heavy (non-hydrogen) atoms. The van der Waals surface area contributed by atoms with Crippen LogP contribution in [0.1, 0.15) is 0 Å². The average Bonchev–Trinajstić information content (AvgIpc) is 3.62. The first-order valence-corrected chi connectivity index (χ1v) is 18.6. The molecule has 0 radical (unpaired) electrons. The Morgan fingerprint density at radius 2 is 0.833 bits per heavy atom. The van der Waals surface area contributed by atoms with Gasteiger partial charge >= 0.3 is 0 Å². The second-order valence-corrected chi connectivity index (χ2v) is 14.4. The van der Waals surface area contributed by atoms with Crippen LogP contribution in [0.15, 0.2) is 192 Å². The molecule has 0 aliphatic carbocycles. The monoisotopic (exact) mass is 685 g/mol. The minimum Gasteiger partial charge on any atom is -0.455 e. The van der Waals surface area contributed by atoms with Crippen molar-refractivity contribution in [2.75, 3.05) is 4.90 Å². The minimum absolute atomic E-state index is 0.898. The van der Waals surface area contributed by atoms with Gasteiger partial charge in [-0.15, -0.1) is 0 Å². The van der Waals surface area contributed by atoms with Crippen LogP contribution < -0.4 is 4.90 Å². The highest BCUT2D eigenvalue weighted by molar-refractivity contribution is 6.37. The predicted octanol–water partition coefficient (Wildman–Crippen LogP) is 15.1. The van der Waals surface area contributed by atoms with E-state index in [1.54, 1.807) is 0 Å². The molecule has 0 N–H and O–H groups in total. The molecular formula is C52H31NO. The summed E-state index contributed by atoms with van der Waals surface area (Å²) in [5, 5.41) is 17.5. The average molecular weight is 686 g/mol. The molecule has 0 aliphatic heterocycles. The number of hydrogen-bond donors (Lipinski definition) is 0. The van der Waals surface area contributed by atoms with Gasteiger partial charge in [0.05, 0.1) is 5.69 Å². The first-order valence-electron chi connectivity index (χ1n) is 18.6. The number of fused-ring (bicyclic) bond motifs is 5. The van der Waals surface area contributed by atoms with Gasteiger partial charge in [0, 0.05) is 33.3 Å². The Kier molecular flexibility index (Phi) is 6.09. The molecule has 0 saturated heterocycles. The molecule has 12 rings (SSSR count). The van der Waals surface area contributed by atoms with Gasteiger partial charge in [-0.2, -0.15) is 0 Å².